The molecule has 3 atom stereocenters. The zero-order chi connectivity index (χ0) is 19.7. The Balaban J connectivity index is 1.50. The van der Waals surface area contributed by atoms with Crippen molar-refractivity contribution in [1.29, 1.82) is 0 Å². The fourth-order valence-electron chi connectivity index (χ4n) is 4.06. The molecule has 28 heavy (non-hydrogen) atoms. The zero-order valence-corrected chi connectivity index (χ0v) is 16.3. The van der Waals surface area contributed by atoms with Crippen LogP contribution in [-0.4, -0.2) is 60.7 Å². The molecule has 0 spiro atoms. The van der Waals surface area contributed by atoms with Gasteiger partial charge in [0.05, 0.1) is 19.3 Å². The number of nitrogens with two attached hydrogens (primary N) is 1. The average molecular weight is 381 g/mol. The van der Waals surface area contributed by atoms with Crippen LogP contribution in [0.3, 0.4) is 0 Å². The molecule has 3 heterocycles. The van der Waals surface area contributed by atoms with E-state index in [0.717, 1.165) is 41.5 Å². The predicted molar refractivity (Wildman–Crippen MR) is 111 cm³/mol. The van der Waals surface area contributed by atoms with E-state index in [2.05, 4.69) is 26.6 Å². The zero-order valence-electron chi connectivity index (χ0n) is 16.3. The second-order valence-electron chi connectivity index (χ2n) is 7.63. The van der Waals surface area contributed by atoms with Crippen LogP contribution in [0.4, 0.5) is 5.82 Å². The summed E-state index contributed by atoms with van der Waals surface area (Å²) in [5, 5.41) is 8.02. The Bertz CT molecular complexity index is 911. The van der Waals surface area contributed by atoms with Crippen LogP contribution in [-0.2, 0) is 9.53 Å². The molecule has 2 aliphatic rings. The van der Waals surface area contributed by atoms with Crippen molar-refractivity contribution in [2.75, 3.05) is 32.1 Å². The maximum Gasteiger partial charge on any atom is 0.239 e. The van der Waals surface area contributed by atoms with Crippen molar-refractivity contribution in [3.05, 3.63) is 42.2 Å². The van der Waals surface area contributed by atoms with Gasteiger partial charge < -0.3 is 21.1 Å². The van der Waals surface area contributed by atoms with Gasteiger partial charge in [0.25, 0.3) is 0 Å². The number of aromatic nitrogens is 1. The highest BCUT2D eigenvalue weighted by molar-refractivity contribution is 5.94. The number of hydrogen-bond donors (Lipinski definition) is 3. The van der Waals surface area contributed by atoms with Crippen LogP contribution in [0.1, 0.15) is 18.9 Å². The number of carbonyl (C=O) groups is 1. The van der Waals surface area contributed by atoms with Crippen molar-refractivity contribution in [3.8, 4) is 0 Å². The number of ether oxygens (including phenoxy) is 1. The summed E-state index contributed by atoms with van der Waals surface area (Å²) >= 11 is 0. The number of hydrogen-bond acceptors (Lipinski definition) is 6. The minimum atomic E-state index is -0.0920. The van der Waals surface area contributed by atoms with Gasteiger partial charge in [-0.25, -0.2) is 4.98 Å². The fourth-order valence-corrected chi connectivity index (χ4v) is 4.06. The highest BCUT2D eigenvalue weighted by Gasteiger charge is 2.39. The van der Waals surface area contributed by atoms with E-state index < -0.39 is 0 Å². The standard InChI is InChI=1S/C21H27N5O2/c1-13(22)19(9-23-2)14-3-4-15-8-24-20(6-16(15)5-14)25-21(27)11-26-10-18-7-17(26)12-28-18/h3-6,8-9,13,17-18,23H,7,10-12,22H2,1-2H3,(H,24,25,27)/b19-9+/t13-,17+,18+/m1/s1. The molecule has 1 aromatic carbocycles. The molecular weight excluding hydrogens is 354 g/mol. The Hall–Kier alpha value is -2.48. The molecule has 2 fully saturated rings. The third-order valence-electron chi connectivity index (χ3n) is 5.47. The van der Waals surface area contributed by atoms with Crippen molar-refractivity contribution in [3.63, 3.8) is 0 Å². The number of rotatable bonds is 6. The Morgan fingerprint density at radius 1 is 1.43 bits per heavy atom. The summed E-state index contributed by atoms with van der Waals surface area (Å²) in [5.74, 6) is 0.525. The Kier molecular flexibility index (Phi) is 5.30. The van der Waals surface area contributed by atoms with E-state index in [0.29, 0.717) is 24.5 Å². The number of benzene rings is 1. The number of fused-ring (bicyclic) bond motifs is 3. The molecule has 2 bridgehead atoms. The monoisotopic (exact) mass is 381 g/mol. The van der Waals surface area contributed by atoms with Crippen LogP contribution in [0.25, 0.3) is 16.3 Å². The second kappa shape index (κ2) is 7.87. The summed E-state index contributed by atoms with van der Waals surface area (Å²) in [6.07, 6.45) is 5.03. The van der Waals surface area contributed by atoms with Crippen molar-refractivity contribution in [1.82, 2.24) is 15.2 Å². The molecule has 7 nitrogen and oxygen atoms in total. The van der Waals surface area contributed by atoms with E-state index in [1.54, 1.807) is 6.20 Å². The van der Waals surface area contributed by atoms with E-state index >= 15 is 0 Å². The summed E-state index contributed by atoms with van der Waals surface area (Å²) < 4.78 is 5.59. The molecule has 0 unspecified atom stereocenters. The minimum absolute atomic E-state index is 0.0399. The number of amides is 1. The summed E-state index contributed by atoms with van der Waals surface area (Å²) in [5.41, 5.74) is 8.18. The predicted octanol–water partition coefficient (Wildman–Crippen LogP) is 1.55. The fraction of sp³-hybridized carbons (Fsp3) is 0.429. The molecule has 2 aliphatic heterocycles. The number of nitrogens with one attached hydrogen (secondary N) is 2. The highest BCUT2D eigenvalue weighted by atomic mass is 16.5. The third-order valence-corrected chi connectivity index (χ3v) is 5.47. The van der Waals surface area contributed by atoms with Crippen LogP contribution >= 0.6 is 0 Å². The Morgan fingerprint density at radius 3 is 2.96 bits per heavy atom. The molecule has 4 N–H and O–H groups in total. The van der Waals surface area contributed by atoms with Gasteiger partial charge in [-0.2, -0.15) is 0 Å². The number of pyridine rings is 1. The van der Waals surface area contributed by atoms with Crippen LogP contribution in [0.15, 0.2) is 36.7 Å². The number of nitrogens with zero attached hydrogens (tertiary/aromatic N) is 2. The molecule has 2 aromatic rings. The Morgan fingerprint density at radius 2 is 2.29 bits per heavy atom. The van der Waals surface area contributed by atoms with Crippen LogP contribution in [0, 0.1) is 0 Å². The minimum Gasteiger partial charge on any atom is -0.394 e. The summed E-state index contributed by atoms with van der Waals surface area (Å²) in [6, 6.07) is 8.34. The first-order valence-electron chi connectivity index (χ1n) is 9.72. The number of anilines is 1. The third kappa shape index (κ3) is 3.87. The average Bonchev–Trinajstić information content (AvgIpc) is 3.28. The van der Waals surface area contributed by atoms with E-state index in [-0.39, 0.29) is 11.9 Å². The second-order valence-corrected chi connectivity index (χ2v) is 7.63. The summed E-state index contributed by atoms with van der Waals surface area (Å²) in [6.45, 7) is 3.91. The first-order chi connectivity index (χ1) is 13.5. The van der Waals surface area contributed by atoms with Gasteiger partial charge in [-0.05, 0) is 42.0 Å². The van der Waals surface area contributed by atoms with Gasteiger partial charge in [0.2, 0.25) is 5.91 Å². The molecule has 7 heteroatoms. The van der Waals surface area contributed by atoms with Gasteiger partial charge in [-0.3, -0.25) is 9.69 Å². The molecular formula is C21H27N5O2. The normalized spacial score (nSPS) is 23.2. The van der Waals surface area contributed by atoms with Crippen LogP contribution in [0.2, 0.25) is 0 Å². The first-order valence-corrected chi connectivity index (χ1v) is 9.72. The summed E-state index contributed by atoms with van der Waals surface area (Å²) in [4.78, 5) is 19.0. The van der Waals surface area contributed by atoms with Crippen molar-refractivity contribution in [2.24, 2.45) is 5.73 Å². The molecule has 0 aliphatic carbocycles. The largest absolute Gasteiger partial charge is 0.394 e. The van der Waals surface area contributed by atoms with Gasteiger partial charge in [-0.1, -0.05) is 12.1 Å². The smallest absolute Gasteiger partial charge is 0.239 e. The lowest BCUT2D eigenvalue weighted by Crippen LogP contribution is -2.41. The maximum absolute atomic E-state index is 12.5. The molecule has 1 amide bonds. The molecule has 2 saturated heterocycles. The lowest BCUT2D eigenvalue weighted by molar-refractivity contribution is -0.118. The van der Waals surface area contributed by atoms with Gasteiger partial charge in [-0.15, -0.1) is 0 Å². The molecule has 4 rings (SSSR count). The molecule has 0 saturated carbocycles. The lowest BCUT2D eigenvalue weighted by atomic mass is 9.98. The van der Waals surface area contributed by atoms with Gasteiger partial charge in [0, 0.05) is 43.5 Å². The van der Waals surface area contributed by atoms with E-state index in [1.807, 2.05) is 38.4 Å². The maximum atomic E-state index is 12.5. The van der Waals surface area contributed by atoms with Gasteiger partial charge >= 0.3 is 0 Å². The quantitative estimate of drug-likeness (QED) is 0.703. The van der Waals surface area contributed by atoms with Crippen molar-refractivity contribution < 1.29 is 9.53 Å². The van der Waals surface area contributed by atoms with Gasteiger partial charge in [0.1, 0.15) is 5.82 Å². The number of likely N-dealkylation sites (tertiary alicyclic amines) is 1. The van der Waals surface area contributed by atoms with E-state index in [4.69, 9.17) is 10.5 Å². The molecule has 148 valence electrons. The number of carbonyl (C=O) groups excluding carboxylic acids is 1. The van der Waals surface area contributed by atoms with Gasteiger partial charge in [0.15, 0.2) is 0 Å². The number of morpholine rings is 1. The van der Waals surface area contributed by atoms with Crippen LogP contribution < -0.4 is 16.4 Å². The van der Waals surface area contributed by atoms with E-state index in [9.17, 15) is 4.79 Å². The van der Waals surface area contributed by atoms with Crippen molar-refractivity contribution >= 4 is 28.1 Å². The lowest BCUT2D eigenvalue weighted by Gasteiger charge is -2.25. The Labute approximate surface area is 164 Å². The van der Waals surface area contributed by atoms with Crippen LogP contribution in [0.5, 0.6) is 0 Å². The summed E-state index contributed by atoms with van der Waals surface area (Å²) in [7, 11) is 1.86. The SMILES string of the molecule is CN/C=C(/c1ccc2cnc(NC(=O)CN3C[C@@H]4C[C@H]3CO4)cc2c1)[C@@H](C)N. The first kappa shape index (κ1) is 18.9. The molecule has 1 aromatic heterocycles. The highest BCUT2D eigenvalue weighted by Crippen LogP contribution is 2.27. The van der Waals surface area contributed by atoms with Crippen molar-refractivity contribution in [2.45, 2.75) is 31.5 Å². The molecule has 0 radical (unpaired) electrons. The topological polar surface area (TPSA) is 92.5 Å². The van der Waals surface area contributed by atoms with E-state index in [1.165, 1.54) is 0 Å².